The monoisotopic (exact) mass is 330 g/mol. The molecule has 1 heterocycles. The van der Waals surface area contributed by atoms with Crippen molar-refractivity contribution in [3.63, 3.8) is 0 Å². The molecule has 0 fully saturated rings. The van der Waals surface area contributed by atoms with Crippen molar-refractivity contribution in [2.75, 3.05) is 7.11 Å². The highest BCUT2D eigenvalue weighted by Crippen LogP contribution is 2.42. The second-order valence-corrected chi connectivity index (χ2v) is 5.96. The minimum absolute atomic E-state index is 0.233. The molecular weight excluding hydrogens is 312 g/mol. The lowest BCUT2D eigenvalue weighted by atomic mass is 9.91. The van der Waals surface area contributed by atoms with E-state index < -0.39 is 0 Å². The van der Waals surface area contributed by atoms with Gasteiger partial charge in [0.1, 0.15) is 23.4 Å². The van der Waals surface area contributed by atoms with Crippen LogP contribution in [0.5, 0.6) is 17.2 Å². The number of hydrogen-bond donors (Lipinski definition) is 1. The summed E-state index contributed by atoms with van der Waals surface area (Å²) in [5.41, 5.74) is 4.21. The van der Waals surface area contributed by atoms with Crippen molar-refractivity contribution in [3.05, 3.63) is 89.5 Å². The summed E-state index contributed by atoms with van der Waals surface area (Å²) >= 11 is 0. The van der Waals surface area contributed by atoms with Gasteiger partial charge in [-0.25, -0.2) is 0 Å². The van der Waals surface area contributed by atoms with Crippen LogP contribution in [0.2, 0.25) is 0 Å². The Morgan fingerprint density at radius 3 is 2.32 bits per heavy atom. The molecule has 3 aromatic rings. The van der Waals surface area contributed by atoms with Gasteiger partial charge >= 0.3 is 0 Å². The van der Waals surface area contributed by atoms with Gasteiger partial charge < -0.3 is 14.6 Å². The molecule has 1 aliphatic rings. The van der Waals surface area contributed by atoms with Crippen LogP contribution in [-0.4, -0.2) is 12.2 Å². The number of phenolic OH excluding ortho intramolecular Hbond substituents is 1. The molecular formula is C22H18O3. The van der Waals surface area contributed by atoms with E-state index in [1.165, 1.54) is 0 Å². The highest BCUT2D eigenvalue weighted by Gasteiger charge is 2.25. The van der Waals surface area contributed by atoms with Crippen molar-refractivity contribution in [1.82, 2.24) is 0 Å². The van der Waals surface area contributed by atoms with Crippen LogP contribution in [0.1, 0.15) is 22.8 Å². The first-order chi connectivity index (χ1) is 12.2. The first kappa shape index (κ1) is 15.3. The second kappa shape index (κ2) is 6.36. The van der Waals surface area contributed by atoms with E-state index in [1.807, 2.05) is 60.7 Å². The van der Waals surface area contributed by atoms with Gasteiger partial charge in [-0.15, -0.1) is 0 Å². The molecule has 1 unspecified atom stereocenters. The molecule has 124 valence electrons. The van der Waals surface area contributed by atoms with Crippen LogP contribution in [0.4, 0.5) is 0 Å². The zero-order chi connectivity index (χ0) is 17.2. The number of methoxy groups -OCH3 is 1. The largest absolute Gasteiger partial charge is 0.508 e. The summed E-state index contributed by atoms with van der Waals surface area (Å²) in [6, 6.07) is 23.1. The summed E-state index contributed by atoms with van der Waals surface area (Å²) in [6.45, 7) is 0. The number of aromatic hydroxyl groups is 1. The summed E-state index contributed by atoms with van der Waals surface area (Å²) in [7, 11) is 1.66. The van der Waals surface area contributed by atoms with E-state index in [0.29, 0.717) is 0 Å². The molecule has 0 amide bonds. The SMILES string of the molecule is COc1ccc(C2=Cc3ccccc3OC2c2ccc(O)cc2)cc1. The molecule has 1 N–H and O–H groups in total. The van der Waals surface area contributed by atoms with Crippen LogP contribution < -0.4 is 9.47 Å². The van der Waals surface area contributed by atoms with E-state index in [0.717, 1.165) is 33.8 Å². The molecule has 1 atom stereocenters. The molecule has 3 nitrogen and oxygen atoms in total. The van der Waals surface area contributed by atoms with Crippen LogP contribution >= 0.6 is 0 Å². The normalized spacial score (nSPS) is 15.7. The van der Waals surface area contributed by atoms with Gasteiger partial charge in [0.2, 0.25) is 0 Å². The van der Waals surface area contributed by atoms with Crippen LogP contribution in [0, 0.1) is 0 Å². The third-order valence-corrected chi connectivity index (χ3v) is 4.38. The molecule has 1 aliphatic heterocycles. The Morgan fingerprint density at radius 1 is 0.880 bits per heavy atom. The minimum atomic E-state index is -0.233. The average molecular weight is 330 g/mol. The van der Waals surface area contributed by atoms with E-state index in [4.69, 9.17) is 9.47 Å². The Labute approximate surface area is 146 Å². The quantitative estimate of drug-likeness (QED) is 0.728. The molecule has 25 heavy (non-hydrogen) atoms. The maximum atomic E-state index is 9.58. The van der Waals surface area contributed by atoms with Gasteiger partial charge in [0.05, 0.1) is 7.11 Å². The van der Waals surface area contributed by atoms with E-state index in [2.05, 4.69) is 6.08 Å². The number of rotatable bonds is 3. The molecule has 0 spiro atoms. The number of fused-ring (bicyclic) bond motifs is 1. The standard InChI is InChI=1S/C22H18O3/c1-24-19-12-8-15(9-13-19)20-14-17-4-2-3-5-21(17)25-22(20)16-6-10-18(23)11-7-16/h2-14,22-23H,1H3. The summed E-state index contributed by atoms with van der Waals surface area (Å²) in [5, 5.41) is 9.58. The van der Waals surface area contributed by atoms with Gasteiger partial charge in [0.15, 0.2) is 0 Å². The Kier molecular flexibility index (Phi) is 3.90. The highest BCUT2D eigenvalue weighted by molar-refractivity contribution is 5.88. The van der Waals surface area contributed by atoms with Crippen LogP contribution in [-0.2, 0) is 0 Å². The zero-order valence-electron chi connectivity index (χ0n) is 13.8. The fourth-order valence-corrected chi connectivity index (χ4v) is 3.06. The molecule has 3 aromatic carbocycles. The van der Waals surface area contributed by atoms with Crippen molar-refractivity contribution in [2.45, 2.75) is 6.10 Å². The van der Waals surface area contributed by atoms with E-state index >= 15 is 0 Å². The van der Waals surface area contributed by atoms with E-state index in [1.54, 1.807) is 19.2 Å². The predicted octanol–water partition coefficient (Wildman–Crippen LogP) is 5.08. The summed E-state index contributed by atoms with van der Waals surface area (Å²) < 4.78 is 11.6. The fraction of sp³-hybridized carbons (Fsp3) is 0.0909. The smallest absolute Gasteiger partial charge is 0.149 e. The lowest BCUT2D eigenvalue weighted by Gasteiger charge is -2.28. The highest BCUT2D eigenvalue weighted by atomic mass is 16.5. The number of benzene rings is 3. The lowest BCUT2D eigenvalue weighted by molar-refractivity contribution is 0.261. The summed E-state index contributed by atoms with van der Waals surface area (Å²) in [4.78, 5) is 0. The zero-order valence-corrected chi connectivity index (χ0v) is 13.8. The third-order valence-electron chi connectivity index (χ3n) is 4.38. The predicted molar refractivity (Wildman–Crippen MR) is 98.8 cm³/mol. The first-order valence-electron chi connectivity index (χ1n) is 8.15. The minimum Gasteiger partial charge on any atom is -0.508 e. The molecule has 0 aliphatic carbocycles. The molecule has 0 saturated carbocycles. The maximum Gasteiger partial charge on any atom is 0.149 e. The number of ether oxygens (including phenoxy) is 2. The van der Waals surface area contributed by atoms with Crippen LogP contribution in [0.3, 0.4) is 0 Å². The second-order valence-electron chi connectivity index (χ2n) is 5.96. The van der Waals surface area contributed by atoms with Gasteiger partial charge in [-0.2, -0.15) is 0 Å². The fourth-order valence-electron chi connectivity index (χ4n) is 3.06. The van der Waals surface area contributed by atoms with Crippen LogP contribution in [0.25, 0.3) is 11.6 Å². The Hall–Kier alpha value is -3.20. The van der Waals surface area contributed by atoms with Gasteiger partial charge in [-0.3, -0.25) is 0 Å². The lowest BCUT2D eigenvalue weighted by Crippen LogP contribution is -2.14. The van der Waals surface area contributed by atoms with Crippen molar-refractivity contribution in [2.24, 2.45) is 0 Å². The summed E-state index contributed by atoms with van der Waals surface area (Å²) in [5.74, 6) is 1.93. The molecule has 0 radical (unpaired) electrons. The molecule has 3 heteroatoms. The maximum absolute atomic E-state index is 9.58. The topological polar surface area (TPSA) is 38.7 Å². The number of hydrogen-bond acceptors (Lipinski definition) is 3. The average Bonchev–Trinajstić information content (AvgIpc) is 2.68. The van der Waals surface area contributed by atoms with E-state index in [-0.39, 0.29) is 11.9 Å². The Balaban J connectivity index is 1.82. The van der Waals surface area contributed by atoms with Crippen molar-refractivity contribution >= 4 is 11.6 Å². The third kappa shape index (κ3) is 2.96. The molecule has 0 saturated heterocycles. The molecule has 0 bridgehead atoms. The van der Waals surface area contributed by atoms with Crippen molar-refractivity contribution < 1.29 is 14.6 Å². The van der Waals surface area contributed by atoms with Gasteiger partial charge in [-0.1, -0.05) is 42.5 Å². The Bertz CT molecular complexity index is 909. The molecule has 4 rings (SSSR count). The molecule has 0 aromatic heterocycles. The van der Waals surface area contributed by atoms with Gasteiger partial charge in [-0.05, 0) is 47.5 Å². The van der Waals surface area contributed by atoms with Gasteiger partial charge in [0.25, 0.3) is 0 Å². The number of phenols is 1. The van der Waals surface area contributed by atoms with Crippen LogP contribution in [0.15, 0.2) is 72.8 Å². The first-order valence-corrected chi connectivity index (χ1v) is 8.15. The van der Waals surface area contributed by atoms with Crippen molar-refractivity contribution in [1.29, 1.82) is 0 Å². The van der Waals surface area contributed by atoms with Crippen molar-refractivity contribution in [3.8, 4) is 17.2 Å². The number of para-hydroxylation sites is 1. The summed E-state index contributed by atoms with van der Waals surface area (Å²) in [6.07, 6.45) is 1.93. The Morgan fingerprint density at radius 2 is 1.60 bits per heavy atom. The van der Waals surface area contributed by atoms with E-state index in [9.17, 15) is 5.11 Å². The van der Waals surface area contributed by atoms with Gasteiger partial charge in [0, 0.05) is 11.1 Å².